The lowest BCUT2D eigenvalue weighted by Crippen LogP contribution is -2.68. The Kier molecular flexibility index (Phi) is 18.7. The van der Waals surface area contributed by atoms with Crippen molar-refractivity contribution in [1.29, 1.82) is 0 Å². The Morgan fingerprint density at radius 2 is 1.27 bits per heavy atom. The number of esters is 3. The van der Waals surface area contributed by atoms with Crippen LogP contribution in [0.3, 0.4) is 0 Å². The molecule has 10 heteroatoms. The number of ketones is 1. The smallest absolute Gasteiger partial charge is 0.309 e. The zero-order chi connectivity index (χ0) is 46.9. The molecule has 0 aromatic carbocycles. The van der Waals surface area contributed by atoms with Crippen molar-refractivity contribution in [3.05, 3.63) is 11.6 Å². The molecule has 2 bridgehead atoms. The third-order valence-corrected chi connectivity index (χ3v) is 17.2. The molecule has 1 aliphatic heterocycles. The van der Waals surface area contributed by atoms with Crippen LogP contribution in [0.1, 0.15) is 222 Å². The van der Waals surface area contributed by atoms with Crippen LogP contribution in [0.2, 0.25) is 0 Å². The highest BCUT2D eigenvalue weighted by Gasteiger charge is 2.90. The largest absolute Gasteiger partial charge is 0.469 e. The van der Waals surface area contributed by atoms with Crippen LogP contribution in [0.5, 0.6) is 0 Å². The molecule has 5 aliphatic rings. The Hall–Kier alpha value is -2.30. The second kappa shape index (κ2) is 22.7. The minimum atomic E-state index is -2.17. The van der Waals surface area contributed by atoms with Gasteiger partial charge in [-0.15, -0.1) is 0 Å². The van der Waals surface area contributed by atoms with E-state index >= 15 is 4.79 Å². The van der Waals surface area contributed by atoms with Crippen molar-refractivity contribution in [3.8, 4) is 0 Å². The molecule has 2 N–H and O–H groups in total. The third kappa shape index (κ3) is 10.5. The Bertz CT molecular complexity index is 1600. The van der Waals surface area contributed by atoms with Crippen LogP contribution in [-0.2, 0) is 38.1 Å². The highest BCUT2D eigenvalue weighted by molar-refractivity contribution is 5.95. The molecule has 11 atom stereocenters. The van der Waals surface area contributed by atoms with Gasteiger partial charge in [0.15, 0.2) is 17.5 Å². The number of ether oxygens (including phenoxy) is 4. The van der Waals surface area contributed by atoms with Gasteiger partial charge in [0.25, 0.3) is 0 Å². The molecule has 0 unspecified atom stereocenters. The summed E-state index contributed by atoms with van der Waals surface area (Å²) in [5.41, 5.74) is -5.84. The van der Waals surface area contributed by atoms with Gasteiger partial charge in [-0.2, -0.15) is 0 Å². The van der Waals surface area contributed by atoms with Gasteiger partial charge in [-0.3, -0.25) is 19.2 Å². The summed E-state index contributed by atoms with van der Waals surface area (Å²) in [7, 11) is 1.44. The molecule has 1 heterocycles. The molecule has 4 aliphatic carbocycles. The van der Waals surface area contributed by atoms with E-state index in [0.29, 0.717) is 31.3 Å². The fraction of sp³-hybridized carbons (Fsp3) is 0.889. The summed E-state index contributed by atoms with van der Waals surface area (Å²) in [6, 6.07) is 0. The van der Waals surface area contributed by atoms with Gasteiger partial charge < -0.3 is 29.2 Å². The molecule has 0 aromatic rings. The molecule has 1 saturated heterocycles. The lowest BCUT2D eigenvalue weighted by atomic mass is 9.58. The van der Waals surface area contributed by atoms with Crippen molar-refractivity contribution in [1.82, 2.24) is 0 Å². The van der Waals surface area contributed by atoms with E-state index in [1.165, 1.54) is 84.2 Å². The number of rotatable bonds is 30. The standard InChI is InChI=1S/C54H90O10/c1-10-11-12-13-14-20-24-27-30-33-42(56)63-53-36-39(5)51-35-38(4)46(62-48(58)40(6)37(2)3)54(51,60)49(59)52(47(64-52)43(45(51)57)44(53)50(53,7)8)34-31-28-25-22-19-17-15-16-18-21-23-26-29-32-41(55)61-9/h35,37,39-40,43-44,46-47,49,59-60H,10-34,36H2,1-9H3/t39-,40-,43-,44-,46+,47-,49-,51+,52-,53+,54-/m1/s1. The molecule has 0 amide bonds. The molecular weight excluding hydrogens is 809 g/mol. The van der Waals surface area contributed by atoms with Crippen molar-refractivity contribution in [2.75, 3.05) is 7.11 Å². The number of Topliss-reactive ketones (excluding diaryl/α,β-unsaturated/α-hetero) is 1. The molecule has 4 fully saturated rings. The average Bonchev–Trinajstić information content (AvgIpc) is 4.07. The monoisotopic (exact) mass is 899 g/mol. The van der Waals surface area contributed by atoms with Crippen LogP contribution in [0.15, 0.2) is 11.6 Å². The quantitative estimate of drug-likeness (QED) is 0.0235. The number of unbranched alkanes of at least 4 members (excludes halogenated alkanes) is 20. The van der Waals surface area contributed by atoms with Gasteiger partial charge >= 0.3 is 17.9 Å². The van der Waals surface area contributed by atoms with Crippen LogP contribution in [0, 0.1) is 40.4 Å². The molecule has 64 heavy (non-hydrogen) atoms. The van der Waals surface area contributed by atoms with E-state index in [1.807, 2.05) is 33.8 Å². The molecule has 0 radical (unpaired) electrons. The molecule has 0 aromatic heterocycles. The number of fused-ring (bicyclic) bond motifs is 5. The van der Waals surface area contributed by atoms with Gasteiger partial charge in [0, 0.05) is 24.2 Å². The molecule has 10 nitrogen and oxygen atoms in total. The van der Waals surface area contributed by atoms with Gasteiger partial charge in [0.05, 0.1) is 24.4 Å². The van der Waals surface area contributed by atoms with E-state index in [2.05, 4.69) is 20.8 Å². The maximum Gasteiger partial charge on any atom is 0.309 e. The minimum Gasteiger partial charge on any atom is -0.469 e. The Labute approximate surface area is 387 Å². The van der Waals surface area contributed by atoms with E-state index in [4.69, 9.17) is 18.9 Å². The number of methoxy groups -OCH3 is 1. The van der Waals surface area contributed by atoms with E-state index in [9.17, 15) is 24.6 Å². The first kappa shape index (κ1) is 52.7. The van der Waals surface area contributed by atoms with Gasteiger partial charge in [-0.05, 0) is 50.0 Å². The molecule has 1 spiro atoms. The number of hydrogen-bond acceptors (Lipinski definition) is 10. The van der Waals surface area contributed by atoms with E-state index < -0.39 is 69.7 Å². The van der Waals surface area contributed by atoms with Gasteiger partial charge in [-0.1, -0.05) is 183 Å². The topological polar surface area (TPSA) is 149 Å². The summed E-state index contributed by atoms with van der Waals surface area (Å²) in [6.45, 7) is 15.9. The first-order chi connectivity index (χ1) is 30.4. The summed E-state index contributed by atoms with van der Waals surface area (Å²) in [6.07, 6.45) is 24.7. The molecule has 5 rings (SSSR count). The fourth-order valence-electron chi connectivity index (χ4n) is 12.8. The van der Waals surface area contributed by atoms with Gasteiger partial charge in [0.2, 0.25) is 0 Å². The number of carbonyl (C=O) groups is 4. The highest BCUT2D eigenvalue weighted by atomic mass is 16.6. The van der Waals surface area contributed by atoms with Crippen molar-refractivity contribution < 1.29 is 48.3 Å². The SMILES string of the molecule is CCCCCCCCCCCC(=O)O[C@@]12C[C@@H](C)[C@]34C=C(C)[C@H](OC(=O)[C@H](C)C(C)C)[C@@]3(O)[C@H](O)[C@]3(CCCCCCCCCCCCCCCC(=O)OC)O[C@@H]3[C@@H](C4=O)[C@@H]1C2(C)C. The zero-order valence-electron chi connectivity index (χ0n) is 41.7. The second-order valence-corrected chi connectivity index (χ2v) is 22.1. The Morgan fingerprint density at radius 3 is 1.77 bits per heavy atom. The second-order valence-electron chi connectivity index (χ2n) is 22.1. The number of epoxide rings is 1. The first-order valence-electron chi connectivity index (χ1n) is 26.3. The first-order valence-corrected chi connectivity index (χ1v) is 26.3. The summed E-state index contributed by atoms with van der Waals surface area (Å²) in [5, 5.41) is 26.3. The molecule has 3 saturated carbocycles. The van der Waals surface area contributed by atoms with Crippen LogP contribution >= 0.6 is 0 Å². The van der Waals surface area contributed by atoms with Gasteiger partial charge in [-0.25, -0.2) is 0 Å². The van der Waals surface area contributed by atoms with E-state index in [-0.39, 0.29) is 29.6 Å². The normalized spacial score (nSPS) is 33.6. The van der Waals surface area contributed by atoms with Crippen LogP contribution in [-0.4, -0.2) is 76.1 Å². The fourth-order valence-corrected chi connectivity index (χ4v) is 12.8. The van der Waals surface area contributed by atoms with Crippen molar-refractivity contribution in [3.63, 3.8) is 0 Å². The molecular formula is C54H90O10. The summed E-state index contributed by atoms with van der Waals surface area (Å²) >= 11 is 0. The predicted molar refractivity (Wildman–Crippen MR) is 250 cm³/mol. The number of aliphatic hydroxyl groups is 2. The highest BCUT2D eigenvalue weighted by Crippen LogP contribution is 2.78. The van der Waals surface area contributed by atoms with Crippen molar-refractivity contribution in [2.24, 2.45) is 40.4 Å². The Morgan fingerprint density at radius 1 is 0.781 bits per heavy atom. The van der Waals surface area contributed by atoms with Crippen LogP contribution < -0.4 is 0 Å². The number of carbonyl (C=O) groups excluding carboxylic acids is 4. The lowest BCUT2D eigenvalue weighted by molar-refractivity contribution is -0.223. The number of aliphatic hydroxyl groups excluding tert-OH is 1. The van der Waals surface area contributed by atoms with Crippen LogP contribution in [0.25, 0.3) is 0 Å². The van der Waals surface area contributed by atoms with E-state index in [0.717, 1.165) is 64.2 Å². The van der Waals surface area contributed by atoms with Crippen LogP contribution in [0.4, 0.5) is 0 Å². The maximum atomic E-state index is 15.7. The predicted octanol–water partition coefficient (Wildman–Crippen LogP) is 11.5. The Balaban J connectivity index is 1.26. The van der Waals surface area contributed by atoms with Crippen molar-refractivity contribution >= 4 is 23.7 Å². The maximum absolute atomic E-state index is 15.7. The van der Waals surface area contributed by atoms with E-state index in [1.54, 1.807) is 6.92 Å². The third-order valence-electron chi connectivity index (χ3n) is 17.2. The van der Waals surface area contributed by atoms with Gasteiger partial charge in [0.1, 0.15) is 23.4 Å². The summed E-state index contributed by atoms with van der Waals surface area (Å²) in [5.74, 6) is -3.08. The minimum absolute atomic E-state index is 0.00747. The number of hydrogen-bond donors (Lipinski definition) is 2. The molecule has 366 valence electrons. The lowest BCUT2D eigenvalue weighted by Gasteiger charge is -2.50. The summed E-state index contributed by atoms with van der Waals surface area (Å²) in [4.78, 5) is 54.5. The summed E-state index contributed by atoms with van der Waals surface area (Å²) < 4.78 is 24.3. The average molecular weight is 899 g/mol. The van der Waals surface area contributed by atoms with Crippen molar-refractivity contribution in [2.45, 2.75) is 257 Å². The zero-order valence-corrected chi connectivity index (χ0v) is 41.7.